The summed E-state index contributed by atoms with van der Waals surface area (Å²) in [6, 6.07) is 7.40. The summed E-state index contributed by atoms with van der Waals surface area (Å²) in [5.41, 5.74) is 3.81. The molecule has 0 aliphatic carbocycles. The van der Waals surface area contributed by atoms with Crippen LogP contribution in [0.1, 0.15) is 23.7 Å². The first kappa shape index (κ1) is 21.0. The molecule has 1 aliphatic rings. The number of aryl methyl sites for hydroxylation is 3. The van der Waals surface area contributed by atoms with Crippen LogP contribution in [-0.2, 0) is 17.8 Å². The fraction of sp³-hybridized carbons (Fsp3) is 0.391. The lowest BCUT2D eigenvalue weighted by Gasteiger charge is -2.34. The first-order valence-electron chi connectivity index (χ1n) is 10.6. The Kier molecular flexibility index (Phi) is 5.97. The molecule has 0 atom stereocenters. The van der Waals surface area contributed by atoms with Crippen molar-refractivity contribution in [3.05, 3.63) is 59.3 Å². The number of amides is 1. The first-order chi connectivity index (χ1) is 15.0. The van der Waals surface area contributed by atoms with Crippen molar-refractivity contribution in [1.29, 1.82) is 0 Å². The monoisotopic (exact) mass is 422 g/mol. The lowest BCUT2D eigenvalue weighted by atomic mass is 10.0. The average molecular weight is 423 g/mol. The summed E-state index contributed by atoms with van der Waals surface area (Å²) in [5, 5.41) is 4.68. The summed E-state index contributed by atoms with van der Waals surface area (Å²) in [6.07, 6.45) is 4.22. The minimum Gasteiger partial charge on any atom is -0.338 e. The molecule has 1 amide bonds. The van der Waals surface area contributed by atoms with Crippen molar-refractivity contribution in [2.75, 3.05) is 31.1 Å². The van der Waals surface area contributed by atoms with E-state index in [-0.39, 0.29) is 18.3 Å². The van der Waals surface area contributed by atoms with Gasteiger partial charge in [0, 0.05) is 49.8 Å². The maximum absolute atomic E-state index is 14.0. The molecule has 0 bridgehead atoms. The third kappa shape index (κ3) is 4.42. The second-order valence-electron chi connectivity index (χ2n) is 7.87. The molecular weight excluding hydrogens is 395 g/mol. The summed E-state index contributed by atoms with van der Waals surface area (Å²) in [4.78, 5) is 25.5. The van der Waals surface area contributed by atoms with Crippen LogP contribution >= 0.6 is 0 Å². The van der Waals surface area contributed by atoms with Gasteiger partial charge in [0.05, 0.1) is 5.69 Å². The molecule has 0 N–H and O–H groups in total. The second kappa shape index (κ2) is 8.83. The van der Waals surface area contributed by atoms with Gasteiger partial charge >= 0.3 is 0 Å². The second-order valence-corrected chi connectivity index (χ2v) is 7.87. The van der Waals surface area contributed by atoms with E-state index in [1.54, 1.807) is 49.1 Å². The maximum Gasteiger partial charge on any atom is 0.244 e. The Hall–Kier alpha value is -3.29. The van der Waals surface area contributed by atoms with Crippen LogP contribution in [0.25, 0.3) is 11.3 Å². The summed E-state index contributed by atoms with van der Waals surface area (Å²) in [6.45, 7) is 8.42. The molecule has 3 aromatic rings. The third-order valence-electron chi connectivity index (χ3n) is 5.71. The third-order valence-corrected chi connectivity index (χ3v) is 5.71. The maximum atomic E-state index is 14.0. The number of hydrogen-bond donors (Lipinski definition) is 0. The zero-order valence-corrected chi connectivity index (χ0v) is 18.2. The summed E-state index contributed by atoms with van der Waals surface area (Å²) in [5.74, 6) is 0.558. The van der Waals surface area contributed by atoms with Crippen LogP contribution < -0.4 is 4.90 Å². The van der Waals surface area contributed by atoms with Crippen LogP contribution in [0.2, 0.25) is 0 Å². The van der Waals surface area contributed by atoms with E-state index >= 15 is 0 Å². The number of anilines is 1. The standard InChI is InChI=1S/C23H27FN6O/c1-4-19-14-20(18-12-16(2)22(24)17(3)13-18)27-30(19)15-21(31)28-8-10-29(11-9-28)23-25-6-5-7-26-23/h5-7,12-14H,4,8-11,15H2,1-3H3. The predicted molar refractivity (Wildman–Crippen MR) is 117 cm³/mol. The smallest absolute Gasteiger partial charge is 0.244 e. The SMILES string of the molecule is CCc1cc(-c2cc(C)c(F)c(C)c2)nn1CC(=O)N1CCN(c2ncccn2)CC1. The highest BCUT2D eigenvalue weighted by molar-refractivity contribution is 5.76. The topological polar surface area (TPSA) is 67.2 Å². The highest BCUT2D eigenvalue weighted by Crippen LogP contribution is 2.25. The highest BCUT2D eigenvalue weighted by Gasteiger charge is 2.23. The average Bonchev–Trinajstić information content (AvgIpc) is 3.20. The molecule has 1 aliphatic heterocycles. The van der Waals surface area contributed by atoms with Crippen molar-refractivity contribution in [3.63, 3.8) is 0 Å². The number of carbonyl (C=O) groups is 1. The van der Waals surface area contributed by atoms with Crippen molar-refractivity contribution < 1.29 is 9.18 Å². The van der Waals surface area contributed by atoms with Gasteiger partial charge in [0.1, 0.15) is 12.4 Å². The Bertz CT molecular complexity index is 1050. The van der Waals surface area contributed by atoms with Gasteiger partial charge in [-0.1, -0.05) is 6.92 Å². The Labute approximate surface area is 181 Å². The van der Waals surface area contributed by atoms with Crippen LogP contribution in [0.4, 0.5) is 10.3 Å². The molecule has 1 fully saturated rings. The van der Waals surface area contributed by atoms with Crippen molar-refractivity contribution in [3.8, 4) is 11.3 Å². The largest absolute Gasteiger partial charge is 0.338 e. The predicted octanol–water partition coefficient (Wildman–Crippen LogP) is 3.01. The van der Waals surface area contributed by atoms with Crippen LogP contribution in [0, 0.1) is 19.7 Å². The van der Waals surface area contributed by atoms with Crippen LogP contribution in [0.3, 0.4) is 0 Å². The molecule has 31 heavy (non-hydrogen) atoms. The van der Waals surface area contributed by atoms with Crippen molar-refractivity contribution in [2.24, 2.45) is 0 Å². The van der Waals surface area contributed by atoms with Gasteiger partial charge in [0.25, 0.3) is 0 Å². The number of halogens is 1. The lowest BCUT2D eigenvalue weighted by Crippen LogP contribution is -2.50. The van der Waals surface area contributed by atoms with E-state index in [0.29, 0.717) is 43.3 Å². The molecule has 7 nitrogen and oxygen atoms in total. The van der Waals surface area contributed by atoms with Crippen molar-refractivity contribution in [2.45, 2.75) is 33.7 Å². The van der Waals surface area contributed by atoms with Gasteiger partial charge in [-0.2, -0.15) is 5.10 Å². The number of rotatable bonds is 5. The number of carbonyl (C=O) groups excluding carboxylic acids is 1. The molecule has 3 heterocycles. The van der Waals surface area contributed by atoms with E-state index in [1.165, 1.54) is 0 Å². The van der Waals surface area contributed by atoms with Gasteiger partial charge in [0.2, 0.25) is 11.9 Å². The van der Waals surface area contributed by atoms with E-state index in [4.69, 9.17) is 0 Å². The first-order valence-corrected chi connectivity index (χ1v) is 10.6. The lowest BCUT2D eigenvalue weighted by molar-refractivity contribution is -0.132. The zero-order valence-electron chi connectivity index (χ0n) is 18.2. The molecular formula is C23H27FN6O. The molecule has 4 rings (SSSR count). The Balaban J connectivity index is 1.45. The molecule has 1 aromatic carbocycles. The van der Waals surface area contributed by atoms with Crippen molar-refractivity contribution in [1.82, 2.24) is 24.6 Å². The molecule has 0 radical (unpaired) electrons. The fourth-order valence-corrected chi connectivity index (χ4v) is 3.95. The Morgan fingerprint density at radius 1 is 1.03 bits per heavy atom. The number of piperazine rings is 1. The summed E-state index contributed by atoms with van der Waals surface area (Å²) in [7, 11) is 0. The van der Waals surface area contributed by atoms with Crippen molar-refractivity contribution >= 4 is 11.9 Å². The normalized spacial score (nSPS) is 14.2. The van der Waals surface area contributed by atoms with E-state index in [0.717, 1.165) is 23.4 Å². The minimum absolute atomic E-state index is 0.0458. The molecule has 0 spiro atoms. The summed E-state index contributed by atoms with van der Waals surface area (Å²) >= 11 is 0. The molecule has 0 unspecified atom stereocenters. The molecule has 1 saturated heterocycles. The number of benzene rings is 1. The van der Waals surface area contributed by atoms with Gasteiger partial charge in [-0.15, -0.1) is 0 Å². The van der Waals surface area contributed by atoms with Gasteiger partial charge < -0.3 is 9.80 Å². The Morgan fingerprint density at radius 3 is 2.29 bits per heavy atom. The van der Waals surface area contributed by atoms with E-state index < -0.39 is 0 Å². The molecule has 2 aromatic heterocycles. The van der Waals surface area contributed by atoms with E-state index in [9.17, 15) is 9.18 Å². The summed E-state index contributed by atoms with van der Waals surface area (Å²) < 4.78 is 15.8. The van der Waals surface area contributed by atoms with Crippen LogP contribution in [0.15, 0.2) is 36.7 Å². The molecule has 8 heteroatoms. The zero-order chi connectivity index (χ0) is 22.0. The Morgan fingerprint density at radius 2 is 1.68 bits per heavy atom. The quantitative estimate of drug-likeness (QED) is 0.632. The van der Waals surface area contributed by atoms with Crippen LogP contribution in [-0.4, -0.2) is 56.7 Å². The highest BCUT2D eigenvalue weighted by atomic mass is 19.1. The van der Waals surface area contributed by atoms with Gasteiger partial charge in [-0.05, 0) is 55.7 Å². The molecule has 162 valence electrons. The number of aromatic nitrogens is 4. The van der Waals surface area contributed by atoms with Gasteiger partial charge in [-0.25, -0.2) is 14.4 Å². The van der Waals surface area contributed by atoms with Gasteiger partial charge in [-0.3, -0.25) is 9.48 Å². The minimum atomic E-state index is -0.186. The fourth-order valence-electron chi connectivity index (χ4n) is 3.95. The molecule has 0 saturated carbocycles. The van der Waals surface area contributed by atoms with E-state index in [1.807, 2.05) is 17.9 Å². The number of nitrogens with zero attached hydrogens (tertiary/aromatic N) is 6. The van der Waals surface area contributed by atoms with E-state index in [2.05, 4.69) is 20.0 Å². The number of hydrogen-bond acceptors (Lipinski definition) is 5. The van der Waals surface area contributed by atoms with Gasteiger partial charge in [0.15, 0.2) is 0 Å². The van der Waals surface area contributed by atoms with Crippen LogP contribution in [0.5, 0.6) is 0 Å².